The highest BCUT2D eigenvalue weighted by atomic mass is 35.5. The fourth-order valence-electron chi connectivity index (χ4n) is 6.19. The molecule has 4 aromatic rings. The number of halogens is 1. The average molecular weight is 572 g/mol. The topological polar surface area (TPSA) is 79.3 Å². The molecular weight excluding hydrogens is 534 g/mol. The first-order valence-electron chi connectivity index (χ1n) is 14.5. The number of hydrogen-bond donors (Lipinski definition) is 2. The molecule has 2 N–H and O–H groups in total. The predicted octanol–water partition coefficient (Wildman–Crippen LogP) is 5.02. The van der Waals surface area contributed by atoms with Gasteiger partial charge in [0.15, 0.2) is 0 Å². The molecule has 0 aliphatic carbocycles. The number of imidazole rings is 1. The summed E-state index contributed by atoms with van der Waals surface area (Å²) in [5.74, 6) is 0.957. The summed E-state index contributed by atoms with van der Waals surface area (Å²) in [6.07, 6.45) is 3.80. The molecule has 214 valence electrons. The molecule has 2 fully saturated rings. The number of hydrogen-bond acceptors (Lipinski definition) is 4. The van der Waals surface area contributed by atoms with Crippen molar-refractivity contribution in [1.82, 2.24) is 25.1 Å². The maximum Gasteiger partial charge on any atom is 0.245 e. The van der Waals surface area contributed by atoms with Crippen molar-refractivity contribution in [2.24, 2.45) is 5.92 Å². The quantitative estimate of drug-likeness (QED) is 0.327. The van der Waals surface area contributed by atoms with Gasteiger partial charge in [-0.05, 0) is 56.5 Å². The van der Waals surface area contributed by atoms with Crippen LogP contribution in [0.2, 0.25) is 0 Å². The van der Waals surface area contributed by atoms with Gasteiger partial charge in [-0.15, -0.1) is 12.4 Å². The Morgan fingerprint density at radius 3 is 2.20 bits per heavy atom. The summed E-state index contributed by atoms with van der Waals surface area (Å²) in [4.78, 5) is 34.0. The third-order valence-electron chi connectivity index (χ3n) is 8.38. The van der Waals surface area contributed by atoms with Crippen LogP contribution < -0.4 is 10.6 Å². The lowest BCUT2D eigenvalue weighted by Crippen LogP contribution is -2.53. The van der Waals surface area contributed by atoms with Crippen molar-refractivity contribution in [2.75, 3.05) is 26.2 Å². The highest BCUT2D eigenvalue weighted by Crippen LogP contribution is 2.33. The molecule has 2 saturated heterocycles. The maximum absolute atomic E-state index is 13.9. The van der Waals surface area contributed by atoms with E-state index in [2.05, 4.69) is 45.5 Å². The number of aromatic nitrogens is 2. The van der Waals surface area contributed by atoms with Crippen LogP contribution in [-0.4, -0.2) is 58.5 Å². The number of piperidine rings is 2. The highest BCUT2D eigenvalue weighted by Gasteiger charge is 2.33. The zero-order chi connectivity index (χ0) is 27.3. The molecule has 1 aromatic heterocycles. The second kappa shape index (κ2) is 13.3. The Balaban J connectivity index is 0.00000337. The molecule has 7 nitrogen and oxygen atoms in total. The molecule has 3 heterocycles. The molecule has 0 saturated carbocycles. The molecule has 0 spiro atoms. The second-order valence-electron chi connectivity index (χ2n) is 11.0. The Kier molecular flexibility index (Phi) is 9.37. The lowest BCUT2D eigenvalue weighted by Gasteiger charge is -2.36. The number of likely N-dealkylation sites (tertiary alicyclic amines) is 1. The molecule has 6 rings (SSSR count). The molecule has 2 aliphatic rings. The van der Waals surface area contributed by atoms with Crippen LogP contribution in [0.5, 0.6) is 0 Å². The fourth-order valence-corrected chi connectivity index (χ4v) is 6.19. The largest absolute Gasteiger partial charge is 0.344 e. The van der Waals surface area contributed by atoms with Gasteiger partial charge in [-0.3, -0.25) is 9.59 Å². The third kappa shape index (κ3) is 6.47. The Morgan fingerprint density at radius 1 is 0.854 bits per heavy atom. The van der Waals surface area contributed by atoms with E-state index in [4.69, 9.17) is 4.98 Å². The summed E-state index contributed by atoms with van der Waals surface area (Å²) >= 11 is 0. The van der Waals surface area contributed by atoms with Gasteiger partial charge in [0, 0.05) is 37.0 Å². The van der Waals surface area contributed by atoms with Crippen LogP contribution in [-0.2, 0) is 16.0 Å². The zero-order valence-corrected chi connectivity index (χ0v) is 24.1. The first-order valence-corrected chi connectivity index (χ1v) is 14.5. The minimum atomic E-state index is -0.560. The van der Waals surface area contributed by atoms with Crippen LogP contribution in [0.1, 0.15) is 37.3 Å². The number of para-hydroxylation sites is 2. The van der Waals surface area contributed by atoms with Crippen LogP contribution in [0.4, 0.5) is 0 Å². The van der Waals surface area contributed by atoms with Crippen LogP contribution in [0.25, 0.3) is 22.4 Å². The van der Waals surface area contributed by atoms with Crippen molar-refractivity contribution >= 4 is 35.3 Å². The van der Waals surface area contributed by atoms with E-state index in [1.165, 1.54) is 0 Å². The summed E-state index contributed by atoms with van der Waals surface area (Å²) < 4.78 is 2.37. The third-order valence-corrected chi connectivity index (χ3v) is 8.38. The molecule has 8 heteroatoms. The first kappa shape index (κ1) is 28.8. The van der Waals surface area contributed by atoms with E-state index < -0.39 is 6.04 Å². The van der Waals surface area contributed by atoms with Crippen molar-refractivity contribution in [1.29, 1.82) is 0 Å². The Bertz CT molecular complexity index is 1440. The molecule has 2 aliphatic heterocycles. The van der Waals surface area contributed by atoms with Gasteiger partial charge in [-0.25, -0.2) is 4.98 Å². The van der Waals surface area contributed by atoms with Crippen molar-refractivity contribution in [3.05, 3.63) is 90.5 Å². The molecule has 3 aromatic carbocycles. The molecule has 2 amide bonds. The van der Waals surface area contributed by atoms with Gasteiger partial charge in [0.25, 0.3) is 0 Å². The van der Waals surface area contributed by atoms with E-state index >= 15 is 0 Å². The van der Waals surface area contributed by atoms with Gasteiger partial charge < -0.3 is 20.1 Å². The monoisotopic (exact) mass is 571 g/mol. The van der Waals surface area contributed by atoms with Gasteiger partial charge in [0.05, 0.1) is 11.0 Å². The van der Waals surface area contributed by atoms with Crippen LogP contribution >= 0.6 is 12.4 Å². The summed E-state index contributed by atoms with van der Waals surface area (Å²) in [5, 5.41) is 6.47. The normalized spacial score (nSPS) is 17.1. The van der Waals surface area contributed by atoms with Crippen molar-refractivity contribution in [3.8, 4) is 11.4 Å². The van der Waals surface area contributed by atoms with Gasteiger partial charge in [-0.1, -0.05) is 72.8 Å². The number of rotatable bonds is 7. The van der Waals surface area contributed by atoms with E-state index in [0.717, 1.165) is 66.8 Å². The van der Waals surface area contributed by atoms with Crippen LogP contribution in [0, 0.1) is 5.92 Å². The number of fused-ring (bicyclic) bond motifs is 1. The minimum Gasteiger partial charge on any atom is -0.344 e. The van der Waals surface area contributed by atoms with E-state index in [0.29, 0.717) is 19.5 Å². The first-order chi connectivity index (χ1) is 19.7. The maximum atomic E-state index is 13.9. The van der Waals surface area contributed by atoms with Crippen molar-refractivity contribution < 1.29 is 9.59 Å². The number of amides is 2. The Labute approximate surface area is 247 Å². The Morgan fingerprint density at radius 2 is 1.49 bits per heavy atom. The molecule has 41 heavy (non-hydrogen) atoms. The molecule has 0 bridgehead atoms. The summed E-state index contributed by atoms with van der Waals surface area (Å²) in [6, 6.07) is 28.3. The number of carbonyl (C=O) groups is 2. The molecule has 0 radical (unpaired) electrons. The predicted molar refractivity (Wildman–Crippen MR) is 165 cm³/mol. The standard InChI is InChI=1S/C33H37N5O2.ClH/c39-32(26-15-19-34-20-16-26)36-29(23-24-9-3-1-4-10-24)33(40)37-21-17-27(18-22-37)38-30-14-8-7-13-28(30)35-31(38)25-11-5-2-6-12-25;/h1-14,26-27,29,34H,15-23H2,(H,36,39);1H/t29-;/m1./s1. The minimum absolute atomic E-state index is 0. The second-order valence-corrected chi connectivity index (χ2v) is 11.0. The molecular formula is C33H38ClN5O2. The van der Waals surface area contributed by atoms with E-state index in [1.807, 2.05) is 59.5 Å². The number of nitrogens with zero attached hydrogens (tertiary/aromatic N) is 3. The number of carbonyl (C=O) groups excluding carboxylic acids is 2. The number of benzene rings is 3. The number of nitrogens with one attached hydrogen (secondary N) is 2. The van der Waals surface area contributed by atoms with Gasteiger partial charge in [0.2, 0.25) is 11.8 Å². The Hall–Kier alpha value is -3.68. The van der Waals surface area contributed by atoms with Gasteiger partial charge >= 0.3 is 0 Å². The lowest BCUT2D eigenvalue weighted by atomic mass is 9.95. The molecule has 0 unspecified atom stereocenters. The smallest absolute Gasteiger partial charge is 0.245 e. The van der Waals surface area contributed by atoms with E-state index in [1.54, 1.807) is 0 Å². The van der Waals surface area contributed by atoms with E-state index in [9.17, 15) is 9.59 Å². The van der Waals surface area contributed by atoms with Crippen LogP contribution in [0.3, 0.4) is 0 Å². The van der Waals surface area contributed by atoms with Crippen molar-refractivity contribution in [3.63, 3.8) is 0 Å². The summed E-state index contributed by atoms with van der Waals surface area (Å²) in [7, 11) is 0. The summed E-state index contributed by atoms with van der Waals surface area (Å²) in [5.41, 5.74) is 4.27. The SMILES string of the molecule is Cl.O=C(N[C@H](Cc1ccccc1)C(=O)N1CCC(n2c(-c3ccccc3)nc3ccccc32)CC1)C1CCNCC1. The molecule has 1 atom stereocenters. The zero-order valence-electron chi connectivity index (χ0n) is 23.2. The van der Waals surface area contributed by atoms with Crippen LogP contribution in [0.15, 0.2) is 84.9 Å². The van der Waals surface area contributed by atoms with Crippen molar-refractivity contribution in [2.45, 2.75) is 44.2 Å². The van der Waals surface area contributed by atoms with Gasteiger partial charge in [0.1, 0.15) is 11.9 Å². The summed E-state index contributed by atoms with van der Waals surface area (Å²) in [6.45, 7) is 2.99. The lowest BCUT2D eigenvalue weighted by molar-refractivity contribution is -0.138. The highest BCUT2D eigenvalue weighted by molar-refractivity contribution is 5.89. The fraction of sp³-hybridized carbons (Fsp3) is 0.364. The van der Waals surface area contributed by atoms with Gasteiger partial charge in [-0.2, -0.15) is 0 Å². The van der Waals surface area contributed by atoms with E-state index in [-0.39, 0.29) is 36.2 Å². The average Bonchev–Trinajstić information content (AvgIpc) is 3.41.